The molecule has 0 fully saturated rings. The van der Waals surface area contributed by atoms with Gasteiger partial charge in [-0.05, 0) is 23.6 Å². The molecule has 116 valence electrons. The minimum Gasteiger partial charge on any atom is -0.405 e. The van der Waals surface area contributed by atoms with E-state index in [2.05, 4.69) is 14.7 Å². The van der Waals surface area contributed by atoms with Crippen molar-refractivity contribution in [1.82, 2.24) is 9.97 Å². The smallest absolute Gasteiger partial charge is 0.405 e. The number of carbonyl (C=O) groups is 1. The van der Waals surface area contributed by atoms with Gasteiger partial charge in [-0.1, -0.05) is 0 Å². The zero-order valence-electron chi connectivity index (χ0n) is 10.9. The van der Waals surface area contributed by atoms with Gasteiger partial charge in [-0.2, -0.15) is 10.9 Å². The summed E-state index contributed by atoms with van der Waals surface area (Å²) < 4.78 is 40.6. The molecule has 2 aromatic heterocycles. The highest BCUT2D eigenvalue weighted by molar-refractivity contribution is 8.22. The quantitative estimate of drug-likeness (QED) is 0.757. The van der Waals surface area contributed by atoms with Gasteiger partial charge >= 0.3 is 6.36 Å². The Bertz CT molecular complexity index is 810. The number of fused-ring (bicyclic) bond motifs is 1. The monoisotopic (exact) mass is 329 g/mol. The molecule has 3 N–H and O–H groups in total. The highest BCUT2D eigenvalue weighted by Crippen LogP contribution is 2.49. The number of allylic oxidation sites excluding steroid dienone is 1. The number of amides is 1. The summed E-state index contributed by atoms with van der Waals surface area (Å²) in [6.07, 6.45) is -1.99. The summed E-state index contributed by atoms with van der Waals surface area (Å²) in [5.41, 5.74) is 6.59. The summed E-state index contributed by atoms with van der Waals surface area (Å²) >= 11 is 0. The summed E-state index contributed by atoms with van der Waals surface area (Å²) in [7, 11) is -1.31. The first-order valence-corrected chi connectivity index (χ1v) is 7.54. The van der Waals surface area contributed by atoms with Crippen LogP contribution in [0.5, 0.6) is 0 Å². The van der Waals surface area contributed by atoms with Crippen LogP contribution in [0.1, 0.15) is 10.5 Å². The van der Waals surface area contributed by atoms with Crippen LogP contribution >= 0.6 is 10.9 Å². The van der Waals surface area contributed by atoms with E-state index in [9.17, 15) is 18.0 Å². The number of aromatic nitrogens is 2. The standard InChI is InChI=1S/C13H10F3N3O2S/c14-13(15,16)21-7-3-5-22(6-7)11-9-8(2-1-4-18-9)19-10(11)12(17)20/h1-6,19,22H,(H2,17,20). The van der Waals surface area contributed by atoms with Crippen LogP contribution in [0, 0.1) is 0 Å². The fourth-order valence-electron chi connectivity index (χ4n) is 2.15. The predicted molar refractivity (Wildman–Crippen MR) is 76.2 cm³/mol. The van der Waals surface area contributed by atoms with E-state index >= 15 is 0 Å². The number of rotatable bonds is 3. The molecule has 0 spiro atoms. The first-order chi connectivity index (χ1) is 10.3. The van der Waals surface area contributed by atoms with Crippen molar-refractivity contribution in [2.45, 2.75) is 11.3 Å². The van der Waals surface area contributed by atoms with Gasteiger partial charge in [0.05, 0.1) is 10.4 Å². The van der Waals surface area contributed by atoms with Crippen molar-refractivity contribution in [2.75, 3.05) is 0 Å². The van der Waals surface area contributed by atoms with Crippen molar-refractivity contribution in [3.63, 3.8) is 0 Å². The minimum atomic E-state index is -4.76. The topological polar surface area (TPSA) is 81.0 Å². The average Bonchev–Trinajstić information content (AvgIpc) is 3.00. The maximum absolute atomic E-state index is 12.3. The van der Waals surface area contributed by atoms with E-state index in [-0.39, 0.29) is 11.5 Å². The molecular formula is C13H10F3N3O2S. The Kier molecular flexibility index (Phi) is 3.36. The van der Waals surface area contributed by atoms with Crippen molar-refractivity contribution < 1.29 is 22.7 Å². The van der Waals surface area contributed by atoms with Gasteiger partial charge < -0.3 is 15.5 Å². The van der Waals surface area contributed by atoms with Crippen LogP contribution in [-0.4, -0.2) is 22.2 Å². The van der Waals surface area contributed by atoms with Crippen molar-refractivity contribution in [3.05, 3.63) is 46.7 Å². The third kappa shape index (κ3) is 2.67. The van der Waals surface area contributed by atoms with Gasteiger partial charge in [0.15, 0.2) is 0 Å². The summed E-state index contributed by atoms with van der Waals surface area (Å²) in [5.74, 6) is -0.998. The first-order valence-electron chi connectivity index (χ1n) is 6.06. The average molecular weight is 329 g/mol. The Morgan fingerprint density at radius 2 is 2.18 bits per heavy atom. The number of nitrogens with two attached hydrogens (primary N) is 1. The van der Waals surface area contributed by atoms with Crippen LogP contribution in [0.3, 0.4) is 0 Å². The van der Waals surface area contributed by atoms with Crippen LogP contribution in [0.25, 0.3) is 11.0 Å². The number of halogens is 3. The highest BCUT2D eigenvalue weighted by atomic mass is 32.2. The van der Waals surface area contributed by atoms with E-state index in [4.69, 9.17) is 5.73 Å². The Morgan fingerprint density at radius 1 is 1.41 bits per heavy atom. The number of primary amides is 1. The number of thiol groups is 1. The molecule has 0 saturated carbocycles. The molecule has 1 aliphatic heterocycles. The highest BCUT2D eigenvalue weighted by Gasteiger charge is 2.33. The molecule has 0 aromatic carbocycles. The molecule has 0 saturated heterocycles. The molecule has 22 heavy (non-hydrogen) atoms. The van der Waals surface area contributed by atoms with Crippen molar-refractivity contribution in [2.24, 2.45) is 5.73 Å². The van der Waals surface area contributed by atoms with Gasteiger partial charge in [0.1, 0.15) is 17.0 Å². The van der Waals surface area contributed by atoms with Crippen LogP contribution in [0.4, 0.5) is 13.2 Å². The SMILES string of the molecule is NC(=O)c1[nH]c2cccnc2c1[SH]1C=CC(OC(F)(F)F)=C1. The lowest BCUT2D eigenvalue weighted by atomic mass is 10.3. The second kappa shape index (κ2) is 5.09. The van der Waals surface area contributed by atoms with Crippen LogP contribution in [0.2, 0.25) is 0 Å². The fraction of sp³-hybridized carbons (Fsp3) is 0.0769. The summed E-state index contributed by atoms with van der Waals surface area (Å²) in [5, 5.41) is 2.88. The molecule has 1 atom stereocenters. The molecule has 1 unspecified atom stereocenters. The number of hydrogen-bond donors (Lipinski definition) is 3. The molecule has 9 heteroatoms. The fourth-order valence-corrected chi connectivity index (χ4v) is 4.08. The predicted octanol–water partition coefficient (Wildman–Crippen LogP) is 2.93. The molecule has 0 aliphatic carbocycles. The number of ether oxygens (including phenoxy) is 1. The number of carbonyl (C=O) groups excluding carboxylic acids is 1. The van der Waals surface area contributed by atoms with E-state index in [1.165, 1.54) is 17.7 Å². The van der Waals surface area contributed by atoms with Gasteiger partial charge in [0, 0.05) is 11.6 Å². The molecule has 5 nitrogen and oxygen atoms in total. The number of hydrogen-bond acceptors (Lipinski definition) is 3. The van der Waals surface area contributed by atoms with Gasteiger partial charge in [-0.3, -0.25) is 9.78 Å². The third-order valence-corrected chi connectivity index (χ3v) is 4.89. The number of aromatic amines is 1. The molecule has 3 rings (SSSR count). The van der Waals surface area contributed by atoms with E-state index in [0.717, 1.165) is 0 Å². The summed E-state index contributed by atoms with van der Waals surface area (Å²) in [6, 6.07) is 3.39. The summed E-state index contributed by atoms with van der Waals surface area (Å²) in [6.45, 7) is 0. The van der Waals surface area contributed by atoms with E-state index < -0.39 is 23.2 Å². The lowest BCUT2D eigenvalue weighted by Gasteiger charge is -2.11. The van der Waals surface area contributed by atoms with Gasteiger partial charge in [-0.15, -0.1) is 13.2 Å². The molecule has 0 radical (unpaired) electrons. The van der Waals surface area contributed by atoms with Gasteiger partial charge in [0.2, 0.25) is 0 Å². The number of pyridine rings is 1. The Morgan fingerprint density at radius 3 is 2.86 bits per heavy atom. The van der Waals surface area contributed by atoms with Crippen LogP contribution in [-0.2, 0) is 4.74 Å². The molecule has 1 amide bonds. The minimum absolute atomic E-state index is 0.147. The van der Waals surface area contributed by atoms with Crippen molar-refractivity contribution in [1.29, 1.82) is 0 Å². The normalized spacial score (nSPS) is 19.4. The van der Waals surface area contributed by atoms with E-state index in [1.54, 1.807) is 17.5 Å². The Balaban J connectivity index is 2.06. The maximum Gasteiger partial charge on any atom is 0.573 e. The Labute approximate surface area is 125 Å². The van der Waals surface area contributed by atoms with Crippen LogP contribution in [0.15, 0.2) is 45.9 Å². The van der Waals surface area contributed by atoms with Crippen LogP contribution < -0.4 is 5.73 Å². The largest absolute Gasteiger partial charge is 0.573 e. The molecule has 0 bridgehead atoms. The van der Waals surface area contributed by atoms with Crippen molar-refractivity contribution in [3.8, 4) is 0 Å². The number of H-pyrrole nitrogens is 1. The van der Waals surface area contributed by atoms with Gasteiger partial charge in [-0.25, -0.2) is 0 Å². The molecule has 1 aliphatic rings. The Hall–Kier alpha value is -2.42. The second-order valence-electron chi connectivity index (χ2n) is 4.41. The first kappa shape index (κ1) is 14.5. The zero-order valence-corrected chi connectivity index (χ0v) is 11.8. The second-order valence-corrected chi connectivity index (χ2v) is 6.23. The van der Waals surface area contributed by atoms with E-state index in [0.29, 0.717) is 15.9 Å². The lowest BCUT2D eigenvalue weighted by molar-refractivity contribution is -0.303. The zero-order chi connectivity index (χ0) is 15.9. The number of alkyl halides is 3. The maximum atomic E-state index is 12.3. The lowest BCUT2D eigenvalue weighted by Crippen LogP contribution is -2.12. The third-order valence-electron chi connectivity index (χ3n) is 2.93. The van der Waals surface area contributed by atoms with Gasteiger partial charge in [0.25, 0.3) is 5.91 Å². The summed E-state index contributed by atoms with van der Waals surface area (Å²) in [4.78, 5) is 19.1. The molecular weight excluding hydrogens is 319 g/mol. The van der Waals surface area contributed by atoms with Crippen molar-refractivity contribution >= 4 is 27.8 Å². The number of nitrogens with one attached hydrogen (secondary N) is 1. The number of nitrogens with zero attached hydrogens (tertiary/aromatic N) is 1. The van der Waals surface area contributed by atoms with E-state index in [1.807, 2.05) is 0 Å². The molecule has 3 heterocycles. The molecule has 2 aromatic rings.